The maximum Gasteiger partial charge on any atom is 0.160 e. The van der Waals surface area contributed by atoms with Crippen LogP contribution in [-0.4, -0.2) is 30.8 Å². The third-order valence-corrected chi connectivity index (χ3v) is 3.63. The monoisotopic (exact) mass is 269 g/mol. The van der Waals surface area contributed by atoms with Crippen LogP contribution >= 0.6 is 11.8 Å². The van der Waals surface area contributed by atoms with E-state index in [9.17, 15) is 5.11 Å². The van der Waals surface area contributed by atoms with Crippen LogP contribution < -0.4 is 10.1 Å². The molecule has 102 valence electrons. The van der Waals surface area contributed by atoms with Gasteiger partial charge >= 0.3 is 0 Å². The number of hydrogen-bond acceptors (Lipinski definition) is 4. The first kappa shape index (κ1) is 15.2. The second-order valence-electron chi connectivity index (χ2n) is 4.31. The Morgan fingerprint density at radius 1 is 1.39 bits per heavy atom. The summed E-state index contributed by atoms with van der Waals surface area (Å²) in [7, 11) is 1.57. The third-order valence-electron chi connectivity index (χ3n) is 2.93. The highest BCUT2D eigenvalue weighted by Gasteiger charge is 2.08. The number of phenols is 1. The van der Waals surface area contributed by atoms with Gasteiger partial charge in [-0.3, -0.25) is 0 Å². The van der Waals surface area contributed by atoms with Gasteiger partial charge in [0.05, 0.1) is 7.11 Å². The number of benzene rings is 1. The Morgan fingerprint density at radius 3 is 2.83 bits per heavy atom. The minimum absolute atomic E-state index is 0.188. The molecule has 4 heteroatoms. The Hall–Kier alpha value is -0.870. The van der Waals surface area contributed by atoms with Gasteiger partial charge in [0, 0.05) is 6.04 Å². The van der Waals surface area contributed by atoms with Gasteiger partial charge in [0.25, 0.3) is 0 Å². The van der Waals surface area contributed by atoms with Gasteiger partial charge in [0.2, 0.25) is 0 Å². The van der Waals surface area contributed by atoms with Crippen molar-refractivity contribution in [1.82, 2.24) is 5.32 Å². The molecule has 0 aliphatic carbocycles. The molecule has 3 nitrogen and oxygen atoms in total. The Morgan fingerprint density at radius 2 is 2.17 bits per heavy atom. The van der Waals surface area contributed by atoms with Crippen molar-refractivity contribution in [1.29, 1.82) is 0 Å². The van der Waals surface area contributed by atoms with Crippen LogP contribution in [0.2, 0.25) is 0 Å². The van der Waals surface area contributed by atoms with Gasteiger partial charge in [0.1, 0.15) is 0 Å². The van der Waals surface area contributed by atoms with Crippen LogP contribution in [0, 0.1) is 0 Å². The summed E-state index contributed by atoms with van der Waals surface area (Å²) in [5.74, 6) is 1.94. The molecule has 0 heterocycles. The predicted octanol–water partition coefficient (Wildman–Crippen LogP) is 3.19. The van der Waals surface area contributed by atoms with Crippen molar-refractivity contribution in [3.05, 3.63) is 23.8 Å². The van der Waals surface area contributed by atoms with Crippen molar-refractivity contribution in [3.8, 4) is 11.5 Å². The second kappa shape index (κ2) is 8.27. The standard InChI is InChI=1S/C14H23NO2S/c1-11(15-8-4-5-9-18-3)12-6-7-13(16)14(10-12)17-2/h6-7,10-11,15-16H,4-5,8-9H2,1-3H3. The van der Waals surface area contributed by atoms with Crippen molar-refractivity contribution >= 4 is 11.8 Å². The number of hydrogen-bond donors (Lipinski definition) is 2. The lowest BCUT2D eigenvalue weighted by Gasteiger charge is -2.15. The Labute approximate surface area is 114 Å². The molecule has 1 rings (SSSR count). The van der Waals surface area contributed by atoms with E-state index in [4.69, 9.17) is 4.74 Å². The van der Waals surface area contributed by atoms with Crippen molar-refractivity contribution in [2.45, 2.75) is 25.8 Å². The van der Waals surface area contributed by atoms with E-state index in [1.54, 1.807) is 13.2 Å². The van der Waals surface area contributed by atoms with Crippen LogP contribution in [0.25, 0.3) is 0 Å². The molecule has 0 saturated carbocycles. The summed E-state index contributed by atoms with van der Waals surface area (Å²) in [5, 5.41) is 13.0. The van der Waals surface area contributed by atoms with Gasteiger partial charge in [-0.05, 0) is 56.0 Å². The molecular weight excluding hydrogens is 246 g/mol. The van der Waals surface area contributed by atoms with Crippen molar-refractivity contribution < 1.29 is 9.84 Å². The first-order valence-corrected chi connectivity index (χ1v) is 7.67. The molecular formula is C14H23NO2S. The minimum Gasteiger partial charge on any atom is -0.504 e. The maximum absolute atomic E-state index is 9.54. The number of unbranched alkanes of at least 4 members (excludes halogenated alkanes) is 1. The normalized spacial score (nSPS) is 12.4. The fraction of sp³-hybridized carbons (Fsp3) is 0.571. The SMILES string of the molecule is COc1cc(C(C)NCCCCSC)ccc1O. The quantitative estimate of drug-likeness (QED) is 0.711. The molecule has 18 heavy (non-hydrogen) atoms. The summed E-state index contributed by atoms with van der Waals surface area (Å²) in [6.07, 6.45) is 4.58. The van der Waals surface area contributed by atoms with Crippen LogP contribution in [0.3, 0.4) is 0 Å². The van der Waals surface area contributed by atoms with E-state index in [2.05, 4.69) is 18.5 Å². The van der Waals surface area contributed by atoms with E-state index in [0.29, 0.717) is 5.75 Å². The number of rotatable bonds is 8. The minimum atomic E-state index is 0.188. The zero-order valence-electron chi connectivity index (χ0n) is 11.4. The highest BCUT2D eigenvalue weighted by molar-refractivity contribution is 7.98. The molecule has 0 spiro atoms. The summed E-state index contributed by atoms with van der Waals surface area (Å²) in [6.45, 7) is 3.14. The summed E-state index contributed by atoms with van der Waals surface area (Å²) >= 11 is 1.89. The zero-order valence-corrected chi connectivity index (χ0v) is 12.2. The topological polar surface area (TPSA) is 41.5 Å². The van der Waals surface area contributed by atoms with Gasteiger partial charge in [-0.1, -0.05) is 6.07 Å². The van der Waals surface area contributed by atoms with E-state index in [1.807, 2.05) is 23.9 Å². The van der Waals surface area contributed by atoms with E-state index in [1.165, 1.54) is 18.6 Å². The number of phenolic OH excluding ortho intramolecular Hbond substituents is 1. The fourth-order valence-electron chi connectivity index (χ4n) is 1.77. The molecule has 0 aliphatic rings. The van der Waals surface area contributed by atoms with Crippen LogP contribution in [0.4, 0.5) is 0 Å². The zero-order chi connectivity index (χ0) is 13.4. The Balaban J connectivity index is 2.43. The van der Waals surface area contributed by atoms with Crippen LogP contribution in [-0.2, 0) is 0 Å². The maximum atomic E-state index is 9.54. The Kier molecular flexibility index (Phi) is 6.98. The molecule has 0 aliphatic heterocycles. The predicted molar refractivity (Wildman–Crippen MR) is 78.7 cm³/mol. The van der Waals surface area contributed by atoms with Crippen molar-refractivity contribution in [3.63, 3.8) is 0 Å². The van der Waals surface area contributed by atoms with Crippen molar-refractivity contribution in [2.24, 2.45) is 0 Å². The lowest BCUT2D eigenvalue weighted by atomic mass is 10.1. The number of thioether (sulfide) groups is 1. The molecule has 1 aromatic carbocycles. The average Bonchev–Trinajstić information content (AvgIpc) is 2.38. The third kappa shape index (κ3) is 4.78. The first-order valence-electron chi connectivity index (χ1n) is 6.28. The molecule has 0 amide bonds. The molecule has 0 saturated heterocycles. The van der Waals surface area contributed by atoms with Crippen LogP contribution in [0.1, 0.15) is 31.4 Å². The number of nitrogens with one attached hydrogen (secondary N) is 1. The van der Waals surface area contributed by atoms with Gasteiger partial charge in [-0.25, -0.2) is 0 Å². The van der Waals surface area contributed by atoms with Gasteiger partial charge in [0.15, 0.2) is 11.5 Å². The van der Waals surface area contributed by atoms with Gasteiger partial charge in [-0.2, -0.15) is 11.8 Å². The van der Waals surface area contributed by atoms with Gasteiger partial charge < -0.3 is 15.2 Å². The molecule has 1 unspecified atom stereocenters. The number of ether oxygens (including phenoxy) is 1. The molecule has 1 aromatic rings. The summed E-state index contributed by atoms with van der Waals surface area (Å²) in [5.41, 5.74) is 1.13. The summed E-state index contributed by atoms with van der Waals surface area (Å²) in [4.78, 5) is 0. The average molecular weight is 269 g/mol. The molecule has 0 radical (unpaired) electrons. The smallest absolute Gasteiger partial charge is 0.160 e. The lowest BCUT2D eigenvalue weighted by Crippen LogP contribution is -2.19. The van der Waals surface area contributed by atoms with Crippen molar-refractivity contribution in [2.75, 3.05) is 25.7 Å². The Bertz CT molecular complexity index is 358. The highest BCUT2D eigenvalue weighted by atomic mass is 32.2. The van der Waals surface area contributed by atoms with Crippen LogP contribution in [0.5, 0.6) is 11.5 Å². The number of aromatic hydroxyl groups is 1. The van der Waals surface area contributed by atoms with Crippen LogP contribution in [0.15, 0.2) is 18.2 Å². The molecule has 0 bridgehead atoms. The highest BCUT2D eigenvalue weighted by Crippen LogP contribution is 2.28. The second-order valence-corrected chi connectivity index (χ2v) is 5.29. The van der Waals surface area contributed by atoms with E-state index < -0.39 is 0 Å². The van der Waals surface area contributed by atoms with Gasteiger partial charge in [-0.15, -0.1) is 0 Å². The van der Waals surface area contributed by atoms with E-state index in [-0.39, 0.29) is 11.8 Å². The fourth-order valence-corrected chi connectivity index (χ4v) is 2.26. The van der Waals surface area contributed by atoms with E-state index >= 15 is 0 Å². The molecule has 0 fully saturated rings. The first-order chi connectivity index (χ1) is 8.69. The van der Waals surface area contributed by atoms with E-state index in [0.717, 1.165) is 12.1 Å². The summed E-state index contributed by atoms with van der Waals surface area (Å²) < 4.78 is 5.11. The molecule has 2 N–H and O–H groups in total. The lowest BCUT2D eigenvalue weighted by molar-refractivity contribution is 0.372. The largest absolute Gasteiger partial charge is 0.504 e. The molecule has 0 aromatic heterocycles. The summed E-state index contributed by atoms with van der Waals surface area (Å²) in [6, 6.07) is 5.76. The number of methoxy groups -OCH3 is 1. The molecule has 1 atom stereocenters.